The highest BCUT2D eigenvalue weighted by atomic mass is 32.1. The van der Waals surface area contributed by atoms with E-state index in [-0.39, 0.29) is 5.91 Å². The van der Waals surface area contributed by atoms with Crippen molar-refractivity contribution in [3.63, 3.8) is 0 Å². The molecule has 7 heteroatoms. The van der Waals surface area contributed by atoms with Crippen molar-refractivity contribution in [2.75, 3.05) is 0 Å². The molecule has 0 unspecified atom stereocenters. The first-order valence-electron chi connectivity index (χ1n) is 6.33. The third kappa shape index (κ3) is 2.97. The number of aryl methyl sites for hydroxylation is 1. The molecule has 0 radical (unpaired) electrons. The van der Waals surface area contributed by atoms with Crippen LogP contribution in [0.2, 0.25) is 0 Å². The summed E-state index contributed by atoms with van der Waals surface area (Å²) in [5.41, 5.74) is 2.99. The number of carbonyl (C=O) groups is 1. The van der Waals surface area contributed by atoms with E-state index in [9.17, 15) is 4.79 Å². The van der Waals surface area contributed by atoms with Crippen LogP contribution in [0.5, 0.6) is 0 Å². The molecule has 21 heavy (non-hydrogen) atoms. The molecule has 0 saturated carbocycles. The molecule has 0 spiro atoms. The van der Waals surface area contributed by atoms with Gasteiger partial charge in [-0.05, 0) is 11.4 Å². The molecule has 1 amide bonds. The fraction of sp³-hybridized carbons (Fsp3) is 0.143. The monoisotopic (exact) mass is 299 g/mol. The Morgan fingerprint density at radius 2 is 2.24 bits per heavy atom. The molecule has 0 saturated heterocycles. The summed E-state index contributed by atoms with van der Waals surface area (Å²) in [5.74, 6) is -0.112. The number of hydrogen-bond acceptors (Lipinski definition) is 5. The summed E-state index contributed by atoms with van der Waals surface area (Å²) in [5, 5.41) is 10.7. The number of thiophene rings is 1. The van der Waals surface area contributed by atoms with Gasteiger partial charge in [-0.15, -0.1) is 0 Å². The fourth-order valence-electron chi connectivity index (χ4n) is 1.94. The average Bonchev–Trinajstić information content (AvgIpc) is 3.16. The van der Waals surface area contributed by atoms with Crippen LogP contribution in [0.15, 0.2) is 41.6 Å². The Bertz CT molecular complexity index is 750. The van der Waals surface area contributed by atoms with Crippen molar-refractivity contribution in [3.05, 3.63) is 52.9 Å². The number of hydrogen-bond donors (Lipinski definition) is 1. The lowest BCUT2D eigenvalue weighted by atomic mass is 10.2. The number of nitrogens with one attached hydrogen (secondary N) is 1. The zero-order valence-corrected chi connectivity index (χ0v) is 12.2. The lowest BCUT2D eigenvalue weighted by molar-refractivity contribution is 0.0951. The van der Waals surface area contributed by atoms with Gasteiger partial charge in [-0.3, -0.25) is 19.4 Å². The second-order valence-electron chi connectivity index (χ2n) is 4.45. The highest BCUT2D eigenvalue weighted by molar-refractivity contribution is 7.08. The van der Waals surface area contributed by atoms with Gasteiger partial charge in [0, 0.05) is 42.1 Å². The Balaban J connectivity index is 1.78. The average molecular weight is 299 g/mol. The van der Waals surface area contributed by atoms with E-state index in [2.05, 4.69) is 20.4 Å². The van der Waals surface area contributed by atoms with Crippen molar-refractivity contribution < 1.29 is 4.79 Å². The molecule has 0 aromatic carbocycles. The summed E-state index contributed by atoms with van der Waals surface area (Å²) in [6, 6.07) is 1.79. The van der Waals surface area contributed by atoms with E-state index >= 15 is 0 Å². The fourth-order valence-corrected chi connectivity index (χ4v) is 2.58. The van der Waals surface area contributed by atoms with Crippen LogP contribution in [-0.4, -0.2) is 25.7 Å². The highest BCUT2D eigenvalue weighted by Crippen LogP contribution is 2.18. The molecular weight excluding hydrogens is 286 g/mol. The van der Waals surface area contributed by atoms with Crippen LogP contribution >= 0.6 is 11.3 Å². The van der Waals surface area contributed by atoms with Gasteiger partial charge in [0.15, 0.2) is 0 Å². The van der Waals surface area contributed by atoms with Gasteiger partial charge in [0.1, 0.15) is 0 Å². The third-order valence-corrected chi connectivity index (χ3v) is 3.64. The van der Waals surface area contributed by atoms with Gasteiger partial charge < -0.3 is 5.32 Å². The second-order valence-corrected chi connectivity index (χ2v) is 5.23. The van der Waals surface area contributed by atoms with E-state index in [1.807, 2.05) is 24.0 Å². The predicted octanol–water partition coefficient (Wildman–Crippen LogP) is 1.87. The van der Waals surface area contributed by atoms with E-state index in [1.165, 1.54) is 11.3 Å². The van der Waals surface area contributed by atoms with Crippen LogP contribution < -0.4 is 5.32 Å². The largest absolute Gasteiger partial charge is 0.346 e. The van der Waals surface area contributed by atoms with E-state index < -0.39 is 0 Å². The smallest absolute Gasteiger partial charge is 0.252 e. The molecule has 1 N–H and O–H groups in total. The minimum atomic E-state index is -0.112. The molecule has 6 nitrogen and oxygen atoms in total. The molecule has 0 aliphatic rings. The van der Waals surface area contributed by atoms with E-state index in [4.69, 9.17) is 0 Å². The zero-order chi connectivity index (χ0) is 14.7. The summed E-state index contributed by atoms with van der Waals surface area (Å²) < 4.78 is 1.71. The second kappa shape index (κ2) is 5.84. The van der Waals surface area contributed by atoms with Gasteiger partial charge in [0.2, 0.25) is 0 Å². The van der Waals surface area contributed by atoms with Gasteiger partial charge >= 0.3 is 0 Å². The Kier molecular flexibility index (Phi) is 3.74. The first-order valence-corrected chi connectivity index (χ1v) is 7.27. The van der Waals surface area contributed by atoms with Crippen LogP contribution in [-0.2, 0) is 13.6 Å². The van der Waals surface area contributed by atoms with Gasteiger partial charge in [-0.25, -0.2) is 0 Å². The summed E-state index contributed by atoms with van der Waals surface area (Å²) in [6.07, 6.45) is 6.85. The molecule has 0 atom stereocenters. The van der Waals surface area contributed by atoms with Crippen molar-refractivity contribution >= 4 is 17.2 Å². The molecular formula is C14H13N5OS. The number of rotatable bonds is 4. The van der Waals surface area contributed by atoms with Gasteiger partial charge in [-0.2, -0.15) is 16.4 Å². The maximum Gasteiger partial charge on any atom is 0.252 e. The number of carbonyl (C=O) groups excluding carboxylic acids is 1. The first-order chi connectivity index (χ1) is 10.2. The predicted molar refractivity (Wildman–Crippen MR) is 79.7 cm³/mol. The van der Waals surface area contributed by atoms with Crippen molar-refractivity contribution in [3.8, 4) is 11.3 Å². The standard InChI is InChI=1S/C14H13N5OS/c1-19-8-11(6-18-19)13-12(15-3-4-16-13)7-17-14(20)10-2-5-21-9-10/h2-6,8-9H,7H2,1H3,(H,17,20). The Morgan fingerprint density at radius 1 is 1.38 bits per heavy atom. The zero-order valence-electron chi connectivity index (χ0n) is 11.4. The maximum absolute atomic E-state index is 12.0. The van der Waals surface area contributed by atoms with Crippen molar-refractivity contribution in [1.82, 2.24) is 25.1 Å². The molecule has 0 bridgehead atoms. The Hall–Kier alpha value is -2.54. The topological polar surface area (TPSA) is 72.7 Å². The van der Waals surface area contributed by atoms with Gasteiger partial charge in [0.25, 0.3) is 5.91 Å². The third-order valence-electron chi connectivity index (χ3n) is 2.95. The van der Waals surface area contributed by atoms with Crippen LogP contribution in [0.4, 0.5) is 0 Å². The molecule has 0 aliphatic carbocycles. The van der Waals surface area contributed by atoms with Crippen molar-refractivity contribution in [1.29, 1.82) is 0 Å². The van der Waals surface area contributed by atoms with Gasteiger partial charge in [0.05, 0.1) is 24.1 Å². The quantitative estimate of drug-likeness (QED) is 0.798. The molecule has 3 rings (SSSR count). The maximum atomic E-state index is 12.0. The summed E-state index contributed by atoms with van der Waals surface area (Å²) in [6.45, 7) is 0.326. The van der Waals surface area contributed by atoms with E-state index in [1.54, 1.807) is 29.3 Å². The SMILES string of the molecule is Cn1cc(-c2nccnc2CNC(=O)c2ccsc2)cn1. The Morgan fingerprint density at radius 3 is 2.95 bits per heavy atom. The van der Waals surface area contributed by atoms with E-state index in [0.29, 0.717) is 17.8 Å². The molecule has 3 aromatic heterocycles. The Labute approximate surface area is 125 Å². The highest BCUT2D eigenvalue weighted by Gasteiger charge is 2.11. The van der Waals surface area contributed by atoms with Crippen LogP contribution in [0.25, 0.3) is 11.3 Å². The lowest BCUT2D eigenvalue weighted by Crippen LogP contribution is -2.23. The number of amides is 1. The lowest BCUT2D eigenvalue weighted by Gasteiger charge is -2.07. The molecule has 3 aromatic rings. The number of nitrogens with zero attached hydrogens (tertiary/aromatic N) is 4. The molecule has 106 valence electrons. The molecule has 3 heterocycles. The van der Waals surface area contributed by atoms with Crippen LogP contribution in [0.1, 0.15) is 16.1 Å². The van der Waals surface area contributed by atoms with Crippen molar-refractivity contribution in [2.24, 2.45) is 7.05 Å². The minimum Gasteiger partial charge on any atom is -0.346 e. The first kappa shape index (κ1) is 13.4. The van der Waals surface area contributed by atoms with Crippen molar-refractivity contribution in [2.45, 2.75) is 6.54 Å². The summed E-state index contributed by atoms with van der Waals surface area (Å²) in [7, 11) is 1.85. The number of aromatic nitrogens is 4. The van der Waals surface area contributed by atoms with Gasteiger partial charge in [-0.1, -0.05) is 0 Å². The minimum absolute atomic E-state index is 0.112. The molecule has 0 aliphatic heterocycles. The normalized spacial score (nSPS) is 10.5. The van der Waals surface area contributed by atoms with Crippen LogP contribution in [0.3, 0.4) is 0 Å². The van der Waals surface area contributed by atoms with Crippen LogP contribution in [0, 0.1) is 0 Å². The summed E-state index contributed by atoms with van der Waals surface area (Å²) in [4.78, 5) is 20.6. The van der Waals surface area contributed by atoms with E-state index in [0.717, 1.165) is 11.3 Å². The summed E-state index contributed by atoms with van der Waals surface area (Å²) >= 11 is 1.49. The molecule has 0 fully saturated rings.